The summed E-state index contributed by atoms with van der Waals surface area (Å²) in [7, 11) is 0. The SMILES string of the molecule is Cc1cc(N)c(N2CCCCC2)s1. The van der Waals surface area contributed by atoms with Crippen LogP contribution in [0.25, 0.3) is 0 Å². The lowest BCUT2D eigenvalue weighted by atomic mass is 10.1. The molecule has 2 nitrogen and oxygen atoms in total. The Morgan fingerprint density at radius 3 is 2.54 bits per heavy atom. The lowest BCUT2D eigenvalue weighted by molar-refractivity contribution is 0.581. The molecular weight excluding hydrogens is 180 g/mol. The van der Waals surface area contributed by atoms with Gasteiger partial charge in [-0.15, -0.1) is 11.3 Å². The van der Waals surface area contributed by atoms with Crippen LogP contribution in [0.15, 0.2) is 6.07 Å². The van der Waals surface area contributed by atoms with Crippen molar-refractivity contribution in [2.24, 2.45) is 0 Å². The summed E-state index contributed by atoms with van der Waals surface area (Å²) >= 11 is 1.82. The van der Waals surface area contributed by atoms with E-state index in [1.165, 1.54) is 42.2 Å². The van der Waals surface area contributed by atoms with Crippen molar-refractivity contribution in [2.75, 3.05) is 23.7 Å². The molecule has 1 saturated heterocycles. The van der Waals surface area contributed by atoms with Gasteiger partial charge in [0, 0.05) is 18.0 Å². The summed E-state index contributed by atoms with van der Waals surface area (Å²) in [6.45, 7) is 4.49. The molecule has 0 aromatic carbocycles. The molecule has 0 atom stereocenters. The van der Waals surface area contributed by atoms with Crippen LogP contribution in [0.5, 0.6) is 0 Å². The molecule has 1 aromatic heterocycles. The number of rotatable bonds is 1. The Bertz CT molecular complexity index is 287. The maximum Gasteiger partial charge on any atom is 0.115 e. The van der Waals surface area contributed by atoms with Gasteiger partial charge in [0.05, 0.1) is 5.69 Å². The molecule has 0 amide bonds. The van der Waals surface area contributed by atoms with Crippen LogP contribution < -0.4 is 10.6 Å². The molecule has 0 spiro atoms. The monoisotopic (exact) mass is 196 g/mol. The Kier molecular flexibility index (Phi) is 2.44. The van der Waals surface area contributed by atoms with Gasteiger partial charge in [-0.05, 0) is 32.3 Å². The minimum Gasteiger partial charge on any atom is -0.396 e. The highest BCUT2D eigenvalue weighted by Gasteiger charge is 2.15. The maximum absolute atomic E-state index is 5.94. The summed E-state index contributed by atoms with van der Waals surface area (Å²) in [6.07, 6.45) is 4.01. The third kappa shape index (κ3) is 1.80. The molecule has 0 radical (unpaired) electrons. The van der Waals surface area contributed by atoms with Gasteiger partial charge in [0.2, 0.25) is 0 Å². The number of hydrogen-bond acceptors (Lipinski definition) is 3. The number of aryl methyl sites for hydroxylation is 1. The van der Waals surface area contributed by atoms with Crippen molar-refractivity contribution in [3.05, 3.63) is 10.9 Å². The van der Waals surface area contributed by atoms with Crippen LogP contribution in [0.4, 0.5) is 10.7 Å². The van der Waals surface area contributed by atoms with E-state index in [-0.39, 0.29) is 0 Å². The third-order valence-electron chi connectivity index (χ3n) is 2.51. The lowest BCUT2D eigenvalue weighted by Gasteiger charge is -2.27. The third-order valence-corrected chi connectivity index (χ3v) is 3.63. The highest BCUT2D eigenvalue weighted by Crippen LogP contribution is 2.34. The Hall–Kier alpha value is -0.700. The molecule has 2 N–H and O–H groups in total. The van der Waals surface area contributed by atoms with Gasteiger partial charge in [0.15, 0.2) is 0 Å². The smallest absolute Gasteiger partial charge is 0.115 e. The van der Waals surface area contributed by atoms with Gasteiger partial charge in [-0.25, -0.2) is 0 Å². The van der Waals surface area contributed by atoms with Gasteiger partial charge < -0.3 is 10.6 Å². The summed E-state index contributed by atoms with van der Waals surface area (Å²) in [6, 6.07) is 2.08. The van der Waals surface area contributed by atoms with Crippen molar-refractivity contribution in [1.82, 2.24) is 0 Å². The lowest BCUT2D eigenvalue weighted by Crippen LogP contribution is -2.29. The normalized spacial score (nSPS) is 17.8. The highest BCUT2D eigenvalue weighted by molar-refractivity contribution is 7.16. The van der Waals surface area contributed by atoms with Crippen LogP contribution in [0.3, 0.4) is 0 Å². The quantitative estimate of drug-likeness (QED) is 0.748. The van der Waals surface area contributed by atoms with Crippen LogP contribution in [0.2, 0.25) is 0 Å². The first-order chi connectivity index (χ1) is 6.27. The van der Waals surface area contributed by atoms with E-state index in [0.29, 0.717) is 0 Å². The van der Waals surface area contributed by atoms with Gasteiger partial charge in [-0.3, -0.25) is 0 Å². The van der Waals surface area contributed by atoms with Gasteiger partial charge in [0.1, 0.15) is 5.00 Å². The molecule has 13 heavy (non-hydrogen) atoms. The zero-order valence-electron chi connectivity index (χ0n) is 8.05. The van der Waals surface area contributed by atoms with E-state index in [1.807, 2.05) is 11.3 Å². The van der Waals surface area contributed by atoms with Crippen LogP contribution in [0.1, 0.15) is 24.1 Å². The average molecular weight is 196 g/mol. The molecule has 1 fully saturated rings. The zero-order chi connectivity index (χ0) is 9.26. The maximum atomic E-state index is 5.94. The Labute approximate surface area is 83.4 Å². The number of hydrogen-bond donors (Lipinski definition) is 1. The summed E-state index contributed by atoms with van der Waals surface area (Å²) < 4.78 is 0. The first kappa shape index (κ1) is 8.88. The predicted octanol–water partition coefficient (Wildman–Crippen LogP) is 2.63. The molecular formula is C10H16N2S. The molecule has 0 aliphatic carbocycles. The molecule has 1 aliphatic heterocycles. The standard InChI is InChI=1S/C10H16N2S/c1-8-7-9(11)10(13-8)12-5-3-2-4-6-12/h7H,2-6,11H2,1H3. The van der Waals surface area contributed by atoms with Crippen molar-refractivity contribution >= 4 is 22.0 Å². The van der Waals surface area contributed by atoms with Crippen molar-refractivity contribution in [1.29, 1.82) is 0 Å². The molecule has 72 valence electrons. The van der Waals surface area contributed by atoms with Crippen molar-refractivity contribution in [2.45, 2.75) is 26.2 Å². The Morgan fingerprint density at radius 1 is 1.31 bits per heavy atom. The Morgan fingerprint density at radius 2 is 2.00 bits per heavy atom. The summed E-state index contributed by atoms with van der Waals surface area (Å²) in [5, 5.41) is 1.29. The molecule has 0 saturated carbocycles. The fourth-order valence-corrected chi connectivity index (χ4v) is 2.85. The van der Waals surface area contributed by atoms with E-state index in [4.69, 9.17) is 5.73 Å². The summed E-state index contributed by atoms with van der Waals surface area (Å²) in [5.74, 6) is 0. The second-order valence-electron chi connectivity index (χ2n) is 3.67. The highest BCUT2D eigenvalue weighted by atomic mass is 32.1. The average Bonchev–Trinajstić information content (AvgIpc) is 2.47. The number of piperidine rings is 1. The van der Waals surface area contributed by atoms with Crippen LogP contribution >= 0.6 is 11.3 Å². The van der Waals surface area contributed by atoms with E-state index in [0.717, 1.165) is 5.69 Å². The van der Waals surface area contributed by atoms with Crippen LogP contribution in [-0.2, 0) is 0 Å². The molecule has 1 aromatic rings. The minimum atomic E-state index is 0.962. The van der Waals surface area contributed by atoms with Crippen molar-refractivity contribution in [3.63, 3.8) is 0 Å². The second kappa shape index (κ2) is 3.58. The molecule has 0 unspecified atom stereocenters. The van der Waals surface area contributed by atoms with Gasteiger partial charge in [0.25, 0.3) is 0 Å². The number of nitrogens with two attached hydrogens (primary N) is 1. The fourth-order valence-electron chi connectivity index (χ4n) is 1.87. The molecule has 3 heteroatoms. The van der Waals surface area contributed by atoms with E-state index in [2.05, 4.69) is 17.9 Å². The van der Waals surface area contributed by atoms with Gasteiger partial charge >= 0.3 is 0 Å². The number of nitrogen functional groups attached to an aromatic ring is 1. The first-order valence-corrected chi connectivity index (χ1v) is 5.70. The van der Waals surface area contributed by atoms with Gasteiger partial charge in [-0.2, -0.15) is 0 Å². The van der Waals surface area contributed by atoms with Gasteiger partial charge in [-0.1, -0.05) is 0 Å². The van der Waals surface area contributed by atoms with Crippen molar-refractivity contribution in [3.8, 4) is 0 Å². The zero-order valence-corrected chi connectivity index (χ0v) is 8.86. The summed E-state index contributed by atoms with van der Waals surface area (Å²) in [5.41, 5.74) is 6.90. The predicted molar refractivity (Wildman–Crippen MR) is 59.5 cm³/mol. The second-order valence-corrected chi connectivity index (χ2v) is 4.90. The number of anilines is 2. The van der Waals surface area contributed by atoms with E-state index >= 15 is 0 Å². The molecule has 0 bridgehead atoms. The van der Waals surface area contributed by atoms with Crippen molar-refractivity contribution < 1.29 is 0 Å². The van der Waals surface area contributed by atoms with E-state index in [9.17, 15) is 0 Å². The van der Waals surface area contributed by atoms with Crippen LogP contribution in [-0.4, -0.2) is 13.1 Å². The molecule has 1 aliphatic rings. The summed E-state index contributed by atoms with van der Waals surface area (Å²) in [4.78, 5) is 3.74. The first-order valence-electron chi connectivity index (χ1n) is 4.88. The van der Waals surface area contributed by atoms with E-state index in [1.54, 1.807) is 0 Å². The topological polar surface area (TPSA) is 29.3 Å². The molecule has 2 rings (SSSR count). The number of thiophene rings is 1. The number of nitrogens with zero attached hydrogens (tertiary/aromatic N) is 1. The largest absolute Gasteiger partial charge is 0.396 e. The Balaban J connectivity index is 2.18. The molecule has 2 heterocycles. The fraction of sp³-hybridized carbons (Fsp3) is 0.600. The van der Waals surface area contributed by atoms with Crippen LogP contribution in [0, 0.1) is 6.92 Å². The minimum absolute atomic E-state index is 0.962. The van der Waals surface area contributed by atoms with E-state index < -0.39 is 0 Å².